The van der Waals surface area contributed by atoms with Crippen LogP contribution in [0, 0.1) is 0 Å². The van der Waals surface area contributed by atoms with Crippen molar-refractivity contribution < 1.29 is 20.5 Å². The molecule has 0 N–H and O–H groups in total. The number of carbonyl (C=O) groups is 2. The van der Waals surface area contributed by atoms with Crippen LogP contribution in [0.4, 0.5) is 0 Å². The van der Waals surface area contributed by atoms with Gasteiger partial charge in [-0.1, -0.05) is 0 Å². The Hall–Kier alpha value is -1.06. The molecular formula is C7H13O4. The summed E-state index contributed by atoms with van der Waals surface area (Å²) in [6, 6.07) is 0. The summed E-state index contributed by atoms with van der Waals surface area (Å²) in [5.41, 5.74) is 0. The summed E-state index contributed by atoms with van der Waals surface area (Å²) in [4.78, 5) is 21.0. The Morgan fingerprint density at radius 1 is 1.09 bits per heavy atom. The molecule has 0 aromatic heterocycles. The van der Waals surface area contributed by atoms with Gasteiger partial charge in [-0.2, -0.15) is 0 Å². The Morgan fingerprint density at radius 3 is 1.73 bits per heavy atom. The summed E-state index contributed by atoms with van der Waals surface area (Å²) < 4.78 is 8.75. The second-order valence-corrected chi connectivity index (χ2v) is 2.01. The van der Waals surface area contributed by atoms with Crippen molar-refractivity contribution in [2.75, 3.05) is 14.2 Å². The van der Waals surface area contributed by atoms with Crippen LogP contribution in [-0.2, 0) is 19.1 Å². The maximum Gasteiger partial charge on any atom is 0.305 e. The highest BCUT2D eigenvalue weighted by Gasteiger charge is 2.03. The first-order valence-electron chi connectivity index (χ1n) is 3.34. The van der Waals surface area contributed by atoms with Crippen LogP contribution in [0.15, 0.2) is 0 Å². The molecule has 0 rings (SSSR count). The van der Waals surface area contributed by atoms with Gasteiger partial charge >= 0.3 is 11.9 Å². The van der Waals surface area contributed by atoms with Gasteiger partial charge in [-0.15, -0.1) is 0 Å². The van der Waals surface area contributed by atoms with Crippen LogP contribution in [-0.4, -0.2) is 26.2 Å². The van der Waals surface area contributed by atoms with Crippen molar-refractivity contribution in [3.63, 3.8) is 0 Å². The summed E-state index contributed by atoms with van der Waals surface area (Å²) in [5, 5.41) is 0. The molecule has 0 aromatic rings. The van der Waals surface area contributed by atoms with Crippen molar-refractivity contribution >= 4 is 11.9 Å². The second kappa shape index (κ2) is 5.70. The van der Waals surface area contributed by atoms with Crippen LogP contribution in [0.2, 0.25) is 0 Å². The largest absolute Gasteiger partial charge is 0.469 e. The number of rotatable bonds is 4. The molecule has 0 aliphatic heterocycles. The maximum atomic E-state index is 10.5. The molecule has 4 nitrogen and oxygen atoms in total. The van der Waals surface area contributed by atoms with Gasteiger partial charge in [-0.05, 0) is 6.42 Å². The van der Waals surface area contributed by atoms with Crippen molar-refractivity contribution in [1.29, 1.82) is 0 Å². The maximum absolute atomic E-state index is 10.5. The molecule has 0 atom stereocenters. The molecule has 0 fully saturated rings. The van der Waals surface area contributed by atoms with Crippen LogP contribution < -0.4 is 0 Å². The molecule has 65 valence electrons. The molecule has 0 amide bonds. The van der Waals surface area contributed by atoms with Gasteiger partial charge in [-0.3, -0.25) is 9.59 Å². The lowest BCUT2D eigenvalue weighted by atomic mass is 10.2. The lowest BCUT2D eigenvalue weighted by Crippen LogP contribution is -2.04. The minimum absolute atomic E-state index is 0. The molecule has 1 radical (unpaired) electrons. The molecule has 0 saturated heterocycles. The third-order valence-electron chi connectivity index (χ3n) is 1.22. The van der Waals surface area contributed by atoms with E-state index in [1.54, 1.807) is 0 Å². The number of carbonyl (C=O) groups excluding carboxylic acids is 2. The molecule has 0 aliphatic rings. The predicted octanol–water partition coefficient (Wildman–Crippen LogP) is 0.615. The molecule has 4 heteroatoms. The Bertz CT molecular complexity index is 130. The van der Waals surface area contributed by atoms with Crippen LogP contribution in [0.25, 0.3) is 0 Å². The average Bonchev–Trinajstić information content (AvgIpc) is 2.04. The van der Waals surface area contributed by atoms with Crippen LogP contribution in [0.5, 0.6) is 0 Å². The van der Waals surface area contributed by atoms with Crippen LogP contribution in [0.3, 0.4) is 0 Å². The normalized spacial score (nSPS) is 8.91. The summed E-state index contributed by atoms with van der Waals surface area (Å²) in [7, 11) is 2.64. The molecule has 0 saturated carbocycles. The molecule has 0 aliphatic carbocycles. The van der Waals surface area contributed by atoms with Gasteiger partial charge < -0.3 is 9.47 Å². The van der Waals surface area contributed by atoms with E-state index >= 15 is 0 Å². The lowest BCUT2D eigenvalue weighted by molar-refractivity contribution is -0.142. The van der Waals surface area contributed by atoms with Gasteiger partial charge in [0.05, 0.1) is 14.2 Å². The minimum atomic E-state index is -0.297. The van der Waals surface area contributed by atoms with Gasteiger partial charge in [0.25, 0.3) is 0 Å². The number of hydrogen-bond acceptors (Lipinski definition) is 4. The molecule has 11 heavy (non-hydrogen) atoms. The zero-order valence-corrected chi connectivity index (χ0v) is 6.75. The number of methoxy groups -OCH3 is 2. The topological polar surface area (TPSA) is 52.6 Å². The highest BCUT2D eigenvalue weighted by Crippen LogP contribution is 1.97. The van der Waals surface area contributed by atoms with Crippen molar-refractivity contribution in [2.24, 2.45) is 0 Å². The monoisotopic (exact) mass is 161 g/mol. The summed E-state index contributed by atoms with van der Waals surface area (Å²) >= 11 is 0. The van der Waals surface area contributed by atoms with E-state index in [4.69, 9.17) is 0 Å². The molecule has 0 heterocycles. The fourth-order valence-electron chi connectivity index (χ4n) is 0.581. The number of hydrogen-bond donors (Lipinski definition) is 0. The Morgan fingerprint density at radius 2 is 1.45 bits per heavy atom. The van der Waals surface area contributed by atoms with E-state index in [2.05, 4.69) is 9.47 Å². The van der Waals surface area contributed by atoms with E-state index in [1.807, 2.05) is 0 Å². The van der Waals surface area contributed by atoms with E-state index in [0.29, 0.717) is 6.42 Å². The average molecular weight is 161 g/mol. The van der Waals surface area contributed by atoms with Gasteiger partial charge in [0, 0.05) is 14.3 Å². The van der Waals surface area contributed by atoms with E-state index in [-0.39, 0.29) is 26.2 Å². The zero-order chi connectivity index (χ0) is 8.69. The molecular weight excluding hydrogens is 148 g/mol. The standard InChI is InChI=1S/C7H12O4.H/c1-10-6(8)4-3-5-7(9)11-2;/h3-5H2,1-2H3;. The van der Waals surface area contributed by atoms with E-state index in [1.165, 1.54) is 14.2 Å². The Balaban J connectivity index is 0. The quantitative estimate of drug-likeness (QED) is 0.567. The number of esters is 2. The molecule has 0 unspecified atom stereocenters. The second-order valence-electron chi connectivity index (χ2n) is 2.01. The van der Waals surface area contributed by atoms with Crippen molar-refractivity contribution in [1.82, 2.24) is 0 Å². The van der Waals surface area contributed by atoms with Gasteiger partial charge in [0.15, 0.2) is 0 Å². The molecule has 0 bridgehead atoms. The minimum Gasteiger partial charge on any atom is -0.469 e. The van der Waals surface area contributed by atoms with Crippen molar-refractivity contribution in [2.45, 2.75) is 19.3 Å². The van der Waals surface area contributed by atoms with Crippen molar-refractivity contribution in [3.8, 4) is 0 Å². The highest BCUT2D eigenvalue weighted by atomic mass is 16.5. The summed E-state index contributed by atoms with van der Waals surface area (Å²) in [6.45, 7) is 0. The van der Waals surface area contributed by atoms with E-state index < -0.39 is 0 Å². The molecule has 0 spiro atoms. The zero-order valence-electron chi connectivity index (χ0n) is 7.75. The van der Waals surface area contributed by atoms with Crippen LogP contribution in [0.1, 0.15) is 20.7 Å². The Kier molecular flexibility index (Phi) is 5.15. The van der Waals surface area contributed by atoms with Crippen LogP contribution >= 0.6 is 0 Å². The third-order valence-corrected chi connectivity index (χ3v) is 1.22. The van der Waals surface area contributed by atoms with Gasteiger partial charge in [-0.25, -0.2) is 0 Å². The number of ether oxygens (including phenoxy) is 2. The Labute approximate surface area is 67.0 Å². The van der Waals surface area contributed by atoms with Gasteiger partial charge in [0.2, 0.25) is 0 Å². The predicted molar refractivity (Wildman–Crippen MR) is 39.0 cm³/mol. The van der Waals surface area contributed by atoms with Gasteiger partial charge in [0.1, 0.15) is 0 Å². The third kappa shape index (κ3) is 5.39. The summed E-state index contributed by atoms with van der Waals surface area (Å²) in [6.07, 6.45) is 1.02. The fraction of sp³-hybridized carbons (Fsp3) is 0.714. The molecule has 0 aromatic carbocycles. The van der Waals surface area contributed by atoms with E-state index in [9.17, 15) is 9.59 Å². The lowest BCUT2D eigenvalue weighted by Gasteiger charge is -1.97. The highest BCUT2D eigenvalue weighted by molar-refractivity contribution is 5.72. The smallest absolute Gasteiger partial charge is 0.305 e. The first-order chi connectivity index (χ1) is 5.20. The van der Waals surface area contributed by atoms with E-state index in [0.717, 1.165) is 0 Å². The first-order valence-corrected chi connectivity index (χ1v) is 3.34. The first kappa shape index (κ1) is 9.94. The summed E-state index contributed by atoms with van der Waals surface area (Å²) in [5.74, 6) is -0.595. The van der Waals surface area contributed by atoms with Crippen molar-refractivity contribution in [3.05, 3.63) is 0 Å². The fourth-order valence-corrected chi connectivity index (χ4v) is 0.581. The SMILES string of the molecule is COC(=O)CCCC(=O)OC.[H].